The van der Waals surface area contributed by atoms with Crippen molar-refractivity contribution in [2.45, 2.75) is 42.9 Å². The zero-order chi connectivity index (χ0) is 30.7. The first-order valence-electron chi connectivity index (χ1n) is 13.5. The first kappa shape index (κ1) is 29.0. The van der Waals surface area contributed by atoms with Crippen LogP contribution in [0.1, 0.15) is 46.6 Å². The number of aromatic nitrogens is 4. The smallest absolute Gasteiger partial charge is 0.341 e. The molecular formula is C30H27F4N5O3S. The van der Waals surface area contributed by atoms with E-state index in [1.807, 2.05) is 6.08 Å². The van der Waals surface area contributed by atoms with Crippen molar-refractivity contribution in [2.75, 3.05) is 7.05 Å². The van der Waals surface area contributed by atoms with Crippen LogP contribution < -0.4 is 0 Å². The Morgan fingerprint density at radius 3 is 2.56 bits per heavy atom. The molecule has 0 aliphatic heterocycles. The maximum Gasteiger partial charge on any atom is 0.416 e. The minimum absolute atomic E-state index is 0.0386. The molecule has 2 aliphatic rings. The molecule has 3 aromatic heterocycles. The largest absolute Gasteiger partial charge is 0.416 e. The second-order valence-electron chi connectivity index (χ2n) is 11.0. The summed E-state index contributed by atoms with van der Waals surface area (Å²) in [7, 11) is -0.868. The van der Waals surface area contributed by atoms with Crippen molar-refractivity contribution in [3.05, 3.63) is 101 Å². The highest BCUT2D eigenvalue weighted by molar-refractivity contribution is 7.89. The highest BCUT2D eigenvalue weighted by Crippen LogP contribution is 2.51. The third-order valence-corrected chi connectivity index (χ3v) is 10.5. The van der Waals surface area contributed by atoms with E-state index < -0.39 is 44.8 Å². The molecule has 4 aromatic rings. The van der Waals surface area contributed by atoms with Gasteiger partial charge in [0.2, 0.25) is 0 Å². The Labute approximate surface area is 245 Å². The number of rotatable bonds is 6. The molecule has 2 aliphatic carbocycles. The highest BCUT2D eigenvalue weighted by Gasteiger charge is 2.51. The quantitative estimate of drug-likeness (QED) is 0.213. The molecule has 0 unspecified atom stereocenters. The van der Waals surface area contributed by atoms with Gasteiger partial charge in [0.1, 0.15) is 16.5 Å². The van der Waals surface area contributed by atoms with Gasteiger partial charge in [-0.15, -0.1) is 0 Å². The molecule has 1 saturated carbocycles. The Bertz CT molecular complexity index is 1860. The van der Waals surface area contributed by atoms with Crippen LogP contribution in [0.3, 0.4) is 0 Å². The number of allylic oxidation sites excluding steroid dienone is 1. The molecule has 0 amide bonds. The minimum Gasteiger partial charge on any atom is -0.341 e. The van der Waals surface area contributed by atoms with Gasteiger partial charge in [-0.05, 0) is 85.9 Å². The summed E-state index contributed by atoms with van der Waals surface area (Å²) >= 11 is 0. The molecule has 0 spiro atoms. The van der Waals surface area contributed by atoms with Crippen LogP contribution >= 0.6 is 0 Å². The van der Waals surface area contributed by atoms with E-state index in [0.29, 0.717) is 35.4 Å². The number of Topliss-reactive ketones (excluding diaryl/α,β-unsaturated/α-hetero) is 1. The maximum atomic E-state index is 14.3. The summed E-state index contributed by atoms with van der Waals surface area (Å²) in [6, 6.07) is 9.79. The van der Waals surface area contributed by atoms with Crippen LogP contribution in [0.2, 0.25) is 0 Å². The second-order valence-corrected chi connectivity index (χ2v) is 12.9. The number of hydrogen-bond donors (Lipinski definition) is 0. The van der Waals surface area contributed by atoms with Crippen molar-refractivity contribution < 1.29 is 30.8 Å². The number of carbonyl (C=O) groups is 1. The van der Waals surface area contributed by atoms with E-state index in [2.05, 4.69) is 10.1 Å². The van der Waals surface area contributed by atoms with Crippen molar-refractivity contribution in [3.63, 3.8) is 0 Å². The standard InChI is InChI=1S/C30H27F4N5O3S/c1-37-13-3-4-27(37)43(41,42)38(2)24-8-5-20-15-26-19(18-36-39(26)23-9-6-22(31)7-10-23)16-29(20,17-24)28(40)25-14-21(11-12-35-25)30(32,33)34/h3-4,6-7,9-15,18,24H,5,8,16-17H2,1-2H3/t24-,29-/m0/s1. The molecule has 43 heavy (non-hydrogen) atoms. The third kappa shape index (κ3) is 4.89. The van der Waals surface area contributed by atoms with Gasteiger partial charge in [0, 0.05) is 32.5 Å². The van der Waals surface area contributed by atoms with Gasteiger partial charge in [-0.1, -0.05) is 5.57 Å². The summed E-state index contributed by atoms with van der Waals surface area (Å²) < 4.78 is 85.9. The second kappa shape index (κ2) is 10.3. The molecule has 3 heterocycles. The third-order valence-electron chi connectivity index (χ3n) is 8.51. The van der Waals surface area contributed by atoms with E-state index in [-0.39, 0.29) is 23.6 Å². The molecule has 13 heteroatoms. The number of hydrogen-bond acceptors (Lipinski definition) is 5. The van der Waals surface area contributed by atoms with Crippen LogP contribution in [0, 0.1) is 11.2 Å². The van der Waals surface area contributed by atoms with E-state index in [1.165, 1.54) is 34.1 Å². The lowest BCUT2D eigenvalue weighted by atomic mass is 9.60. The zero-order valence-corrected chi connectivity index (χ0v) is 24.0. The number of aryl methyl sites for hydroxylation is 1. The van der Waals surface area contributed by atoms with E-state index >= 15 is 0 Å². The number of pyridine rings is 1. The molecule has 8 nitrogen and oxygen atoms in total. The molecular weight excluding hydrogens is 586 g/mol. The Morgan fingerprint density at radius 2 is 1.88 bits per heavy atom. The SMILES string of the molecule is CN([C@H]1CCC2=Cc3c(cnn3-c3ccc(F)cc3)C[C@]2(C(=O)c2cc(C(F)(F)F)ccn2)C1)S(=O)(=O)c1cccn1C. The molecule has 1 fully saturated rings. The predicted octanol–water partition coefficient (Wildman–Crippen LogP) is 5.45. The fourth-order valence-corrected chi connectivity index (χ4v) is 7.76. The van der Waals surface area contributed by atoms with Gasteiger partial charge < -0.3 is 4.57 Å². The summed E-state index contributed by atoms with van der Waals surface area (Å²) in [6.07, 6.45) is 2.11. The molecule has 1 aromatic carbocycles. The highest BCUT2D eigenvalue weighted by atomic mass is 32.2. The van der Waals surface area contributed by atoms with Gasteiger partial charge >= 0.3 is 6.18 Å². The van der Waals surface area contributed by atoms with Gasteiger partial charge in [-0.3, -0.25) is 9.78 Å². The first-order valence-corrected chi connectivity index (χ1v) is 15.0. The monoisotopic (exact) mass is 613 g/mol. The number of alkyl halides is 3. The molecule has 0 radical (unpaired) electrons. The molecule has 6 rings (SSSR count). The van der Waals surface area contributed by atoms with Crippen LogP contribution in [-0.4, -0.2) is 50.9 Å². The number of carbonyl (C=O) groups excluding carboxylic acids is 1. The van der Waals surface area contributed by atoms with Crippen LogP contribution in [0.25, 0.3) is 11.8 Å². The minimum atomic E-state index is -4.68. The number of nitrogens with zero attached hydrogens (tertiary/aromatic N) is 5. The molecule has 2 atom stereocenters. The van der Waals surface area contributed by atoms with Gasteiger partial charge in [0.05, 0.1) is 28.6 Å². The van der Waals surface area contributed by atoms with Crippen molar-refractivity contribution in [2.24, 2.45) is 12.5 Å². The molecule has 224 valence electrons. The van der Waals surface area contributed by atoms with Crippen LogP contribution in [0.5, 0.6) is 0 Å². The van der Waals surface area contributed by atoms with Crippen LogP contribution in [0.4, 0.5) is 17.6 Å². The molecule has 0 saturated heterocycles. The van der Waals surface area contributed by atoms with Crippen molar-refractivity contribution >= 4 is 21.9 Å². The van der Waals surface area contributed by atoms with Crippen molar-refractivity contribution in [1.29, 1.82) is 0 Å². The van der Waals surface area contributed by atoms with E-state index in [4.69, 9.17) is 0 Å². The number of fused-ring (bicyclic) bond motifs is 2. The fourth-order valence-electron chi connectivity index (χ4n) is 6.22. The van der Waals surface area contributed by atoms with Gasteiger partial charge in [0.15, 0.2) is 5.78 Å². The summed E-state index contributed by atoms with van der Waals surface area (Å²) in [6.45, 7) is 0. The van der Waals surface area contributed by atoms with E-state index in [9.17, 15) is 30.8 Å². The summed E-state index contributed by atoms with van der Waals surface area (Å²) in [5, 5.41) is 4.55. The number of sulfonamides is 1. The Kier molecular flexibility index (Phi) is 6.92. The molecule has 0 N–H and O–H groups in total. The molecule has 0 bridgehead atoms. The zero-order valence-electron chi connectivity index (χ0n) is 23.2. The maximum absolute atomic E-state index is 14.3. The fraction of sp³-hybridized carbons (Fsp3) is 0.300. The summed E-state index contributed by atoms with van der Waals surface area (Å²) in [5.41, 5.74) is -0.115. The lowest BCUT2D eigenvalue weighted by Crippen LogP contribution is -2.49. The average Bonchev–Trinajstić information content (AvgIpc) is 3.60. The summed E-state index contributed by atoms with van der Waals surface area (Å²) in [4.78, 5) is 18.4. The van der Waals surface area contributed by atoms with Crippen LogP contribution in [0.15, 0.2) is 77.7 Å². The number of benzene rings is 1. The van der Waals surface area contributed by atoms with Gasteiger partial charge in [-0.2, -0.15) is 22.6 Å². The van der Waals surface area contributed by atoms with E-state index in [1.54, 1.807) is 42.3 Å². The van der Waals surface area contributed by atoms with E-state index in [0.717, 1.165) is 18.3 Å². The predicted molar refractivity (Wildman–Crippen MR) is 149 cm³/mol. The Hall–Kier alpha value is -4.10. The Morgan fingerprint density at radius 1 is 1.14 bits per heavy atom. The topological polar surface area (TPSA) is 90.1 Å². The average molecular weight is 614 g/mol. The number of ketones is 1. The number of halogens is 4. The first-order chi connectivity index (χ1) is 20.3. The Balaban J connectivity index is 1.44. The summed E-state index contributed by atoms with van der Waals surface area (Å²) in [5.74, 6) is -1.02. The normalized spacial score (nSPS) is 20.4. The van der Waals surface area contributed by atoms with Crippen LogP contribution in [-0.2, 0) is 29.7 Å². The lowest BCUT2D eigenvalue weighted by molar-refractivity contribution is -0.137. The van der Waals surface area contributed by atoms with Crippen molar-refractivity contribution in [1.82, 2.24) is 23.6 Å². The van der Waals surface area contributed by atoms with Gasteiger partial charge in [-0.25, -0.2) is 17.5 Å². The van der Waals surface area contributed by atoms with Gasteiger partial charge in [0.25, 0.3) is 10.0 Å². The lowest BCUT2D eigenvalue weighted by Gasteiger charge is -2.45. The van der Waals surface area contributed by atoms with Crippen molar-refractivity contribution in [3.8, 4) is 5.69 Å².